The summed E-state index contributed by atoms with van der Waals surface area (Å²) < 4.78 is 9.91. The van der Waals surface area contributed by atoms with E-state index in [4.69, 9.17) is 9.73 Å². The summed E-state index contributed by atoms with van der Waals surface area (Å²) in [5, 5.41) is 1.05. The maximum atomic E-state index is 14.3. The number of carbonyl (C=O) groups is 1. The normalized spacial score (nSPS) is 15.1. The largest absolute Gasteiger partial charge is 0.463 e. The van der Waals surface area contributed by atoms with Gasteiger partial charge in [-0.1, -0.05) is 104 Å². The van der Waals surface area contributed by atoms with Gasteiger partial charge in [-0.3, -0.25) is 9.36 Å². The smallest absolute Gasteiger partial charge is 0.338 e. The number of thiazole rings is 1. The van der Waals surface area contributed by atoms with E-state index in [1.807, 2.05) is 72.9 Å². The van der Waals surface area contributed by atoms with Gasteiger partial charge in [0.15, 0.2) is 4.80 Å². The second kappa shape index (κ2) is 11.9. The Morgan fingerprint density at radius 1 is 1.05 bits per heavy atom. The average molecular weight is 588 g/mol. The number of fused-ring (bicyclic) bond motifs is 2. The Hall–Kier alpha value is -4.75. The number of hydrogen-bond donors (Lipinski definition) is 0. The molecule has 3 heterocycles. The molecule has 6 rings (SSSR count). The molecule has 3 aromatic carbocycles. The lowest BCUT2D eigenvalue weighted by Gasteiger charge is -2.26. The standard InChI is InChI=1S/C36H33N3O3S/c1-5-20-38-22-27(28-14-10-11-15-29(28)38)21-30-34(40)39-33(26-18-16-24(17-19-26)23(3)4)31(35(41)42-6-2)32(37-36(39)43-30)25-12-8-7-9-13-25/h5,7-19,21-23,33H,1,6,20H2,2-4H3/b30-21-/t33-/m1/s1. The van der Waals surface area contributed by atoms with E-state index in [1.165, 1.54) is 16.9 Å². The Morgan fingerprint density at radius 2 is 1.77 bits per heavy atom. The van der Waals surface area contributed by atoms with E-state index in [1.54, 1.807) is 11.5 Å². The number of esters is 1. The predicted molar refractivity (Wildman–Crippen MR) is 174 cm³/mol. The molecule has 5 aromatic rings. The summed E-state index contributed by atoms with van der Waals surface area (Å²) in [7, 11) is 0. The minimum Gasteiger partial charge on any atom is -0.463 e. The van der Waals surface area contributed by atoms with Crippen LogP contribution >= 0.6 is 11.3 Å². The molecule has 0 saturated heterocycles. The van der Waals surface area contributed by atoms with Crippen molar-refractivity contribution in [3.05, 3.63) is 145 Å². The predicted octanol–water partition coefficient (Wildman–Crippen LogP) is 6.20. The van der Waals surface area contributed by atoms with Crippen LogP contribution in [0.25, 0.3) is 22.7 Å². The Bertz CT molecular complexity index is 2040. The maximum Gasteiger partial charge on any atom is 0.338 e. The molecule has 0 fully saturated rings. The van der Waals surface area contributed by atoms with Gasteiger partial charge in [0.25, 0.3) is 5.56 Å². The first-order valence-electron chi connectivity index (χ1n) is 14.5. The summed E-state index contributed by atoms with van der Waals surface area (Å²) in [4.78, 5) is 33.5. The highest BCUT2D eigenvalue weighted by molar-refractivity contribution is 7.07. The molecule has 0 radical (unpaired) electrons. The number of hydrogen-bond acceptors (Lipinski definition) is 5. The van der Waals surface area contributed by atoms with E-state index >= 15 is 0 Å². The van der Waals surface area contributed by atoms with Crippen LogP contribution in [0.4, 0.5) is 0 Å². The van der Waals surface area contributed by atoms with Gasteiger partial charge in [-0.05, 0) is 36.1 Å². The molecule has 1 aliphatic rings. The molecule has 216 valence electrons. The highest BCUT2D eigenvalue weighted by atomic mass is 32.1. The molecule has 0 spiro atoms. The first-order valence-corrected chi connectivity index (χ1v) is 15.3. The van der Waals surface area contributed by atoms with Gasteiger partial charge in [0.05, 0.1) is 28.5 Å². The molecule has 0 saturated carbocycles. The lowest BCUT2D eigenvalue weighted by atomic mass is 9.91. The van der Waals surface area contributed by atoms with E-state index in [-0.39, 0.29) is 12.2 Å². The maximum absolute atomic E-state index is 14.3. The van der Waals surface area contributed by atoms with Crippen LogP contribution in [0.1, 0.15) is 55.0 Å². The van der Waals surface area contributed by atoms with Gasteiger partial charge in [0.2, 0.25) is 0 Å². The third kappa shape index (κ3) is 5.21. The van der Waals surface area contributed by atoms with E-state index in [2.05, 4.69) is 49.3 Å². The molecule has 0 bridgehead atoms. The van der Waals surface area contributed by atoms with E-state index in [9.17, 15) is 9.59 Å². The zero-order valence-electron chi connectivity index (χ0n) is 24.5. The first-order chi connectivity index (χ1) is 20.9. The number of ether oxygens (including phenoxy) is 1. The fraction of sp³-hybridized carbons (Fsp3) is 0.194. The number of rotatable bonds is 8. The Kier molecular flexibility index (Phi) is 7.82. The van der Waals surface area contributed by atoms with Crippen molar-refractivity contribution >= 4 is 40.0 Å². The van der Waals surface area contributed by atoms with Crippen LogP contribution in [0, 0.1) is 0 Å². The van der Waals surface area contributed by atoms with Crippen LogP contribution in [0.3, 0.4) is 0 Å². The van der Waals surface area contributed by atoms with Crippen molar-refractivity contribution in [1.82, 2.24) is 9.13 Å². The molecule has 0 N–H and O–H groups in total. The summed E-state index contributed by atoms with van der Waals surface area (Å²) in [6, 6.07) is 25.2. The van der Waals surface area contributed by atoms with Gasteiger partial charge in [-0.25, -0.2) is 9.79 Å². The van der Waals surface area contributed by atoms with Crippen LogP contribution in [-0.4, -0.2) is 21.7 Å². The van der Waals surface area contributed by atoms with Crippen molar-refractivity contribution in [2.24, 2.45) is 4.99 Å². The van der Waals surface area contributed by atoms with Crippen molar-refractivity contribution in [2.45, 2.75) is 39.3 Å². The first kappa shape index (κ1) is 28.4. The molecule has 0 aliphatic carbocycles. The number of allylic oxidation sites excluding steroid dienone is 1. The van der Waals surface area contributed by atoms with Crippen LogP contribution in [0.2, 0.25) is 0 Å². The highest BCUT2D eigenvalue weighted by Gasteiger charge is 2.35. The molecule has 2 aromatic heterocycles. The molecule has 1 atom stereocenters. The third-order valence-electron chi connectivity index (χ3n) is 7.72. The number of para-hydroxylation sites is 1. The molecule has 7 heteroatoms. The van der Waals surface area contributed by atoms with Crippen molar-refractivity contribution in [1.29, 1.82) is 0 Å². The summed E-state index contributed by atoms with van der Waals surface area (Å²) in [6.07, 6.45) is 5.84. The monoisotopic (exact) mass is 587 g/mol. The van der Waals surface area contributed by atoms with Crippen LogP contribution in [0.5, 0.6) is 0 Å². The Balaban J connectivity index is 1.63. The highest BCUT2D eigenvalue weighted by Crippen LogP contribution is 2.35. The minimum absolute atomic E-state index is 0.198. The zero-order chi connectivity index (χ0) is 30.1. The molecular formula is C36H33N3O3S. The van der Waals surface area contributed by atoms with Gasteiger partial charge in [-0.15, -0.1) is 6.58 Å². The van der Waals surface area contributed by atoms with Crippen LogP contribution in [0.15, 0.2) is 113 Å². The van der Waals surface area contributed by atoms with Gasteiger partial charge in [0.1, 0.15) is 0 Å². The fourth-order valence-electron chi connectivity index (χ4n) is 5.64. The zero-order valence-corrected chi connectivity index (χ0v) is 25.3. The average Bonchev–Trinajstić information content (AvgIpc) is 3.53. The summed E-state index contributed by atoms with van der Waals surface area (Å²) in [6.45, 7) is 10.8. The summed E-state index contributed by atoms with van der Waals surface area (Å²) in [5.74, 6) is -0.135. The van der Waals surface area contributed by atoms with Crippen molar-refractivity contribution in [2.75, 3.05) is 6.61 Å². The lowest BCUT2D eigenvalue weighted by Crippen LogP contribution is -2.40. The number of carbonyl (C=O) groups excluding carboxylic acids is 1. The molecule has 0 amide bonds. The minimum atomic E-state index is -0.698. The number of aromatic nitrogens is 2. The molecule has 0 unspecified atom stereocenters. The van der Waals surface area contributed by atoms with E-state index in [0.29, 0.717) is 33.1 Å². The van der Waals surface area contributed by atoms with Gasteiger partial charge < -0.3 is 9.30 Å². The second-order valence-electron chi connectivity index (χ2n) is 10.8. The van der Waals surface area contributed by atoms with Crippen LogP contribution < -0.4 is 14.9 Å². The topological polar surface area (TPSA) is 65.6 Å². The van der Waals surface area contributed by atoms with Gasteiger partial charge >= 0.3 is 5.97 Å². The fourth-order valence-corrected chi connectivity index (χ4v) is 6.63. The number of benzene rings is 3. The Labute approximate surface area is 254 Å². The quantitative estimate of drug-likeness (QED) is 0.160. The molecule has 1 aliphatic heterocycles. The summed E-state index contributed by atoms with van der Waals surface area (Å²) in [5.41, 5.74) is 5.48. The van der Waals surface area contributed by atoms with E-state index in [0.717, 1.165) is 27.6 Å². The molecule has 6 nitrogen and oxygen atoms in total. The van der Waals surface area contributed by atoms with Gasteiger partial charge in [-0.2, -0.15) is 0 Å². The van der Waals surface area contributed by atoms with Crippen molar-refractivity contribution in [3.8, 4) is 0 Å². The SMILES string of the molecule is C=CCn1cc(/C=c2\sc3n(c2=O)[C@H](c2ccc(C(C)C)cc2)C(C(=O)OCC)=C(c2ccccc2)N=3)c2ccccc21. The number of nitrogens with zero attached hydrogens (tertiary/aromatic N) is 3. The van der Waals surface area contributed by atoms with Crippen molar-refractivity contribution < 1.29 is 9.53 Å². The van der Waals surface area contributed by atoms with Gasteiger partial charge in [0, 0.05) is 34.8 Å². The molecule has 43 heavy (non-hydrogen) atoms. The Morgan fingerprint density at radius 3 is 2.47 bits per heavy atom. The lowest BCUT2D eigenvalue weighted by molar-refractivity contribution is -0.138. The molecular weight excluding hydrogens is 554 g/mol. The third-order valence-corrected chi connectivity index (χ3v) is 8.71. The summed E-state index contributed by atoms with van der Waals surface area (Å²) >= 11 is 1.33. The van der Waals surface area contributed by atoms with Crippen molar-refractivity contribution in [3.63, 3.8) is 0 Å². The second-order valence-corrected chi connectivity index (χ2v) is 11.8. The van der Waals surface area contributed by atoms with Crippen LogP contribution in [-0.2, 0) is 16.1 Å². The van der Waals surface area contributed by atoms with E-state index < -0.39 is 12.0 Å².